The fourth-order valence-electron chi connectivity index (χ4n) is 0.645. The first-order valence-corrected chi connectivity index (χ1v) is 2.42. The van der Waals surface area contributed by atoms with Gasteiger partial charge in [0.15, 0.2) is 0 Å². The number of carbonyl (C=O) groups excluding carboxylic acids is 1. The topological polar surface area (TPSA) is 40.5 Å². The average Bonchev–Trinajstić information content (AvgIpc) is 2.14. The van der Waals surface area contributed by atoms with Crippen LogP contribution in [-0.2, 0) is 4.79 Å². The van der Waals surface area contributed by atoms with Gasteiger partial charge in [-0.15, -0.1) is 0 Å². The van der Waals surface area contributed by atoms with Crippen molar-refractivity contribution in [3.8, 4) is 0 Å². The van der Waals surface area contributed by atoms with Gasteiger partial charge < -0.3 is 10.0 Å². The van der Waals surface area contributed by atoms with Gasteiger partial charge >= 0.3 is 0 Å². The quantitative estimate of drug-likeness (QED) is 0.378. The Balaban J connectivity index is 2.52. The van der Waals surface area contributed by atoms with Crippen LogP contribution in [0.1, 0.15) is 0 Å². The largest absolute Gasteiger partial charge is 0.313 e. The first-order chi connectivity index (χ1) is 3.84. The van der Waals surface area contributed by atoms with Gasteiger partial charge in [-0.1, -0.05) is 12.2 Å². The molecular weight excluding hydrogens is 106 g/mol. The van der Waals surface area contributed by atoms with E-state index in [4.69, 9.17) is 5.21 Å². The molecule has 1 heterocycles. The summed E-state index contributed by atoms with van der Waals surface area (Å²) in [4.78, 5) is 9.96. The number of nitrogens with zero attached hydrogens (tertiary/aromatic N) is 1. The summed E-state index contributed by atoms with van der Waals surface area (Å²) in [7, 11) is 0. The van der Waals surface area contributed by atoms with E-state index in [1.807, 2.05) is 0 Å². The zero-order valence-electron chi connectivity index (χ0n) is 4.32. The van der Waals surface area contributed by atoms with E-state index in [1.165, 1.54) is 0 Å². The number of hydrogen-bond acceptors (Lipinski definition) is 3. The fourth-order valence-corrected chi connectivity index (χ4v) is 0.645. The Morgan fingerprint density at radius 1 is 1.88 bits per heavy atom. The van der Waals surface area contributed by atoms with Gasteiger partial charge in [0.25, 0.3) is 0 Å². The molecule has 1 rings (SSSR count). The summed E-state index contributed by atoms with van der Waals surface area (Å²) < 4.78 is 0. The van der Waals surface area contributed by atoms with Gasteiger partial charge in [0.2, 0.25) is 0 Å². The highest BCUT2D eigenvalue weighted by atomic mass is 16.5. The number of hydroxylamine groups is 2. The molecule has 1 N–H and O–H groups in total. The lowest BCUT2D eigenvalue weighted by molar-refractivity contribution is -0.129. The Kier molecular flexibility index (Phi) is 1.41. The predicted octanol–water partition coefficient (Wildman–Crippen LogP) is -0.185. The highest BCUT2D eigenvalue weighted by Gasteiger charge is 2.14. The van der Waals surface area contributed by atoms with Crippen LogP contribution in [0.25, 0.3) is 0 Å². The average molecular weight is 113 g/mol. The SMILES string of the molecule is O=C[C@@H]1C=CCN1O. The molecule has 0 unspecified atom stereocenters. The second-order valence-corrected chi connectivity index (χ2v) is 1.68. The molecule has 0 aromatic heterocycles. The van der Waals surface area contributed by atoms with Gasteiger partial charge in [-0.3, -0.25) is 0 Å². The summed E-state index contributed by atoms with van der Waals surface area (Å²) in [6.45, 7) is 0.462. The van der Waals surface area contributed by atoms with E-state index >= 15 is 0 Å². The van der Waals surface area contributed by atoms with Crippen LogP contribution in [0.4, 0.5) is 0 Å². The molecule has 0 saturated carbocycles. The Morgan fingerprint density at radius 3 is 2.88 bits per heavy atom. The minimum atomic E-state index is -0.407. The minimum absolute atomic E-state index is 0.407. The molecule has 0 spiro atoms. The molecule has 0 aromatic carbocycles. The van der Waals surface area contributed by atoms with Gasteiger partial charge in [-0.25, -0.2) is 0 Å². The molecule has 0 aliphatic carbocycles. The fraction of sp³-hybridized carbons (Fsp3) is 0.400. The van der Waals surface area contributed by atoms with Crippen LogP contribution < -0.4 is 0 Å². The highest BCUT2D eigenvalue weighted by molar-refractivity contribution is 5.61. The second-order valence-electron chi connectivity index (χ2n) is 1.68. The molecule has 3 heteroatoms. The zero-order valence-corrected chi connectivity index (χ0v) is 4.32. The summed E-state index contributed by atoms with van der Waals surface area (Å²) >= 11 is 0. The van der Waals surface area contributed by atoms with Crippen molar-refractivity contribution in [1.29, 1.82) is 0 Å². The monoisotopic (exact) mass is 113 g/mol. The summed E-state index contributed by atoms with van der Waals surface area (Å²) in [5, 5.41) is 9.71. The maximum atomic E-state index is 9.96. The summed E-state index contributed by atoms with van der Waals surface area (Å²) in [5.41, 5.74) is 0. The van der Waals surface area contributed by atoms with Crippen LogP contribution in [-0.4, -0.2) is 29.1 Å². The molecule has 1 aliphatic heterocycles. The second kappa shape index (κ2) is 2.07. The van der Waals surface area contributed by atoms with Crippen molar-refractivity contribution < 1.29 is 10.0 Å². The lowest BCUT2D eigenvalue weighted by Crippen LogP contribution is -2.26. The molecule has 8 heavy (non-hydrogen) atoms. The minimum Gasteiger partial charge on any atom is -0.313 e. The molecule has 3 nitrogen and oxygen atoms in total. The molecule has 0 bridgehead atoms. The smallest absolute Gasteiger partial charge is 0.143 e. The Labute approximate surface area is 47.2 Å². The summed E-state index contributed by atoms with van der Waals surface area (Å²) in [6, 6.07) is -0.407. The molecule has 1 atom stereocenters. The van der Waals surface area contributed by atoms with E-state index in [-0.39, 0.29) is 0 Å². The van der Waals surface area contributed by atoms with Crippen molar-refractivity contribution >= 4 is 6.29 Å². The number of hydrogen-bond donors (Lipinski definition) is 1. The molecule has 44 valence electrons. The van der Waals surface area contributed by atoms with E-state index in [1.54, 1.807) is 12.2 Å². The summed E-state index contributed by atoms with van der Waals surface area (Å²) in [6.07, 6.45) is 4.11. The van der Waals surface area contributed by atoms with Crippen molar-refractivity contribution in [2.24, 2.45) is 0 Å². The Morgan fingerprint density at radius 2 is 2.62 bits per heavy atom. The van der Waals surface area contributed by atoms with E-state index in [0.717, 1.165) is 5.06 Å². The van der Waals surface area contributed by atoms with Crippen LogP contribution in [0.5, 0.6) is 0 Å². The standard InChI is InChI=1S/C5H7NO2/c7-4-5-2-1-3-6(5)8/h1-2,4-5,8H,3H2/t5-/m0/s1. The van der Waals surface area contributed by atoms with Crippen molar-refractivity contribution in [2.75, 3.05) is 6.54 Å². The third-order valence-electron chi connectivity index (χ3n) is 1.11. The number of aldehydes is 1. The highest BCUT2D eigenvalue weighted by Crippen LogP contribution is 2.01. The molecule has 0 fully saturated rings. The lowest BCUT2D eigenvalue weighted by Gasteiger charge is -2.08. The third-order valence-corrected chi connectivity index (χ3v) is 1.11. The number of rotatable bonds is 1. The van der Waals surface area contributed by atoms with Crippen molar-refractivity contribution in [2.45, 2.75) is 6.04 Å². The van der Waals surface area contributed by atoms with Crippen molar-refractivity contribution in [3.05, 3.63) is 12.2 Å². The van der Waals surface area contributed by atoms with Crippen LogP contribution >= 0.6 is 0 Å². The van der Waals surface area contributed by atoms with Gasteiger partial charge in [-0.05, 0) is 0 Å². The number of carbonyl (C=O) groups is 1. The molecular formula is C5H7NO2. The molecule has 0 radical (unpaired) electrons. The summed E-state index contributed by atoms with van der Waals surface area (Å²) in [5.74, 6) is 0. The van der Waals surface area contributed by atoms with Crippen molar-refractivity contribution in [3.63, 3.8) is 0 Å². The molecule has 0 aromatic rings. The zero-order chi connectivity index (χ0) is 5.98. The molecule has 0 amide bonds. The lowest BCUT2D eigenvalue weighted by atomic mass is 10.4. The van der Waals surface area contributed by atoms with E-state index in [9.17, 15) is 4.79 Å². The van der Waals surface area contributed by atoms with Gasteiger partial charge in [0.05, 0.1) is 0 Å². The van der Waals surface area contributed by atoms with Crippen LogP contribution in [0.15, 0.2) is 12.2 Å². The maximum Gasteiger partial charge on any atom is 0.143 e. The normalized spacial score (nSPS) is 28.9. The third kappa shape index (κ3) is 0.778. The Hall–Kier alpha value is -0.670. The van der Waals surface area contributed by atoms with Gasteiger partial charge in [-0.2, -0.15) is 5.06 Å². The first kappa shape index (κ1) is 5.47. The van der Waals surface area contributed by atoms with Gasteiger partial charge in [0.1, 0.15) is 12.3 Å². The van der Waals surface area contributed by atoms with Crippen molar-refractivity contribution in [1.82, 2.24) is 5.06 Å². The Bertz CT molecular complexity index is 122. The van der Waals surface area contributed by atoms with E-state index in [2.05, 4.69) is 0 Å². The van der Waals surface area contributed by atoms with Crippen LogP contribution in [0.2, 0.25) is 0 Å². The predicted molar refractivity (Wildman–Crippen MR) is 27.5 cm³/mol. The van der Waals surface area contributed by atoms with Gasteiger partial charge in [0, 0.05) is 6.54 Å². The first-order valence-electron chi connectivity index (χ1n) is 2.42. The van der Waals surface area contributed by atoms with E-state index in [0.29, 0.717) is 12.8 Å². The van der Waals surface area contributed by atoms with Crippen LogP contribution in [0, 0.1) is 0 Å². The maximum absolute atomic E-state index is 9.96. The van der Waals surface area contributed by atoms with Crippen LogP contribution in [0.3, 0.4) is 0 Å². The van der Waals surface area contributed by atoms with E-state index < -0.39 is 6.04 Å². The molecule has 1 aliphatic rings. The molecule has 0 saturated heterocycles.